The van der Waals surface area contributed by atoms with Gasteiger partial charge in [-0.15, -0.1) is 0 Å². The minimum atomic E-state index is -0.138. The zero-order chi connectivity index (χ0) is 17.2. The van der Waals surface area contributed by atoms with Crippen molar-refractivity contribution < 1.29 is 14.3 Å². The average molecular weight is 343 g/mol. The largest absolute Gasteiger partial charge is 0.497 e. The molecule has 1 amide bonds. The number of ether oxygens (including phenoxy) is 2. The van der Waals surface area contributed by atoms with Crippen LogP contribution in [0.2, 0.25) is 0 Å². The molecular formula is C19H25N3O3. The van der Waals surface area contributed by atoms with Gasteiger partial charge in [-0.05, 0) is 42.9 Å². The van der Waals surface area contributed by atoms with E-state index in [9.17, 15) is 4.79 Å². The van der Waals surface area contributed by atoms with Crippen LogP contribution in [0.25, 0.3) is 0 Å². The standard InChI is InChI=1S/C19H25N3O3/c1-24-16-4-2-3-15(11-16)17-12-18-19(23)21(7-8-22(18)20-17)13-14-5-9-25-10-6-14/h2-4,7-8,11,14,17-18,20H,5-6,9-10,12-13H2,1H3. The summed E-state index contributed by atoms with van der Waals surface area (Å²) in [5.74, 6) is 1.57. The highest BCUT2D eigenvalue weighted by Crippen LogP contribution is 2.32. The Labute approximate surface area is 148 Å². The minimum absolute atomic E-state index is 0.122. The number of benzene rings is 1. The van der Waals surface area contributed by atoms with Crippen LogP contribution in [0.3, 0.4) is 0 Å². The van der Waals surface area contributed by atoms with Crippen molar-refractivity contribution in [1.29, 1.82) is 0 Å². The molecule has 0 saturated carbocycles. The fraction of sp³-hybridized carbons (Fsp3) is 0.526. The molecule has 3 heterocycles. The molecule has 2 saturated heterocycles. The number of fused-ring (bicyclic) bond motifs is 1. The number of nitrogens with zero attached hydrogens (tertiary/aromatic N) is 2. The van der Waals surface area contributed by atoms with Crippen molar-refractivity contribution >= 4 is 5.91 Å². The van der Waals surface area contributed by atoms with Gasteiger partial charge in [-0.2, -0.15) is 0 Å². The van der Waals surface area contributed by atoms with Gasteiger partial charge in [-0.25, -0.2) is 5.43 Å². The number of rotatable bonds is 4. The number of amides is 1. The van der Waals surface area contributed by atoms with Gasteiger partial charge in [0.05, 0.1) is 13.2 Å². The third-order valence-electron chi connectivity index (χ3n) is 5.37. The van der Waals surface area contributed by atoms with Crippen LogP contribution in [0.15, 0.2) is 36.7 Å². The summed E-state index contributed by atoms with van der Waals surface area (Å²) in [6, 6.07) is 8.02. The third-order valence-corrected chi connectivity index (χ3v) is 5.37. The zero-order valence-electron chi connectivity index (χ0n) is 14.6. The summed E-state index contributed by atoms with van der Waals surface area (Å²) in [4.78, 5) is 14.8. The molecule has 2 fully saturated rings. The van der Waals surface area contributed by atoms with E-state index in [1.165, 1.54) is 0 Å². The highest BCUT2D eigenvalue weighted by molar-refractivity contribution is 5.84. The number of hydrogen-bond donors (Lipinski definition) is 1. The molecule has 1 aromatic carbocycles. The molecule has 1 N–H and O–H groups in total. The number of nitrogens with one attached hydrogen (secondary N) is 1. The van der Waals surface area contributed by atoms with Crippen molar-refractivity contribution in [2.24, 2.45) is 5.92 Å². The van der Waals surface area contributed by atoms with Gasteiger partial charge in [0, 0.05) is 32.2 Å². The predicted molar refractivity (Wildman–Crippen MR) is 93.5 cm³/mol. The van der Waals surface area contributed by atoms with Gasteiger partial charge >= 0.3 is 0 Å². The fourth-order valence-corrected chi connectivity index (χ4v) is 3.87. The second-order valence-corrected chi connectivity index (χ2v) is 6.96. The van der Waals surface area contributed by atoms with E-state index in [1.807, 2.05) is 40.5 Å². The van der Waals surface area contributed by atoms with Crippen LogP contribution in [-0.4, -0.2) is 48.7 Å². The maximum absolute atomic E-state index is 12.9. The van der Waals surface area contributed by atoms with Crippen LogP contribution in [-0.2, 0) is 9.53 Å². The Morgan fingerprint density at radius 2 is 2.12 bits per heavy atom. The predicted octanol–water partition coefficient (Wildman–Crippen LogP) is 2.06. The van der Waals surface area contributed by atoms with E-state index in [2.05, 4.69) is 11.5 Å². The Bertz CT molecular complexity index is 657. The molecule has 0 aliphatic carbocycles. The molecule has 3 aliphatic heterocycles. The Balaban J connectivity index is 1.43. The van der Waals surface area contributed by atoms with Gasteiger partial charge in [0.1, 0.15) is 11.8 Å². The monoisotopic (exact) mass is 343 g/mol. The third kappa shape index (κ3) is 3.37. The summed E-state index contributed by atoms with van der Waals surface area (Å²) in [5, 5.41) is 1.95. The highest BCUT2D eigenvalue weighted by atomic mass is 16.5. The Kier molecular flexibility index (Phi) is 4.63. The second kappa shape index (κ2) is 7.06. The lowest BCUT2D eigenvalue weighted by atomic mass is 9.98. The zero-order valence-corrected chi connectivity index (χ0v) is 14.6. The van der Waals surface area contributed by atoms with Crippen molar-refractivity contribution in [1.82, 2.24) is 15.3 Å². The van der Waals surface area contributed by atoms with Crippen molar-refractivity contribution in [2.45, 2.75) is 31.3 Å². The van der Waals surface area contributed by atoms with E-state index in [-0.39, 0.29) is 18.0 Å². The van der Waals surface area contributed by atoms with Crippen LogP contribution in [0, 0.1) is 5.92 Å². The van der Waals surface area contributed by atoms with Gasteiger partial charge < -0.3 is 19.4 Å². The van der Waals surface area contributed by atoms with Gasteiger partial charge in [0.2, 0.25) is 0 Å². The lowest BCUT2D eigenvalue weighted by molar-refractivity contribution is -0.135. The SMILES string of the molecule is COc1cccc(C2CC3C(=O)N(CC4CCOCC4)C=CN3N2)c1. The number of methoxy groups -OCH3 is 1. The molecule has 2 unspecified atom stereocenters. The number of hydrogen-bond acceptors (Lipinski definition) is 5. The molecule has 0 radical (unpaired) electrons. The maximum Gasteiger partial charge on any atom is 0.250 e. The lowest BCUT2D eigenvalue weighted by Crippen LogP contribution is -2.49. The van der Waals surface area contributed by atoms with E-state index in [1.54, 1.807) is 7.11 Å². The first kappa shape index (κ1) is 16.4. The molecule has 134 valence electrons. The summed E-state index contributed by atoms with van der Waals surface area (Å²) in [7, 11) is 1.67. The van der Waals surface area contributed by atoms with Crippen LogP contribution < -0.4 is 10.2 Å². The van der Waals surface area contributed by atoms with Gasteiger partial charge in [-0.1, -0.05) is 12.1 Å². The Hall–Kier alpha value is -2.05. The summed E-state index contributed by atoms with van der Waals surface area (Å²) in [6.45, 7) is 2.42. The number of hydrazine groups is 1. The molecule has 0 bridgehead atoms. The Morgan fingerprint density at radius 1 is 1.28 bits per heavy atom. The first-order valence-electron chi connectivity index (χ1n) is 8.99. The molecule has 2 atom stereocenters. The molecule has 0 spiro atoms. The molecule has 6 nitrogen and oxygen atoms in total. The van der Waals surface area contributed by atoms with Crippen molar-refractivity contribution in [3.8, 4) is 5.75 Å². The average Bonchev–Trinajstić information content (AvgIpc) is 3.10. The smallest absolute Gasteiger partial charge is 0.250 e. The minimum Gasteiger partial charge on any atom is -0.497 e. The van der Waals surface area contributed by atoms with Crippen LogP contribution in [0.1, 0.15) is 30.9 Å². The van der Waals surface area contributed by atoms with E-state index < -0.39 is 0 Å². The first-order valence-corrected chi connectivity index (χ1v) is 8.99. The number of carbonyl (C=O) groups excluding carboxylic acids is 1. The topological polar surface area (TPSA) is 54.0 Å². The van der Waals surface area contributed by atoms with E-state index >= 15 is 0 Å². The van der Waals surface area contributed by atoms with Crippen LogP contribution in [0.5, 0.6) is 5.75 Å². The van der Waals surface area contributed by atoms with Gasteiger partial charge in [0.25, 0.3) is 5.91 Å². The van der Waals surface area contributed by atoms with Gasteiger partial charge in [-0.3, -0.25) is 4.79 Å². The van der Waals surface area contributed by atoms with Crippen LogP contribution in [0.4, 0.5) is 0 Å². The van der Waals surface area contributed by atoms with E-state index in [0.717, 1.165) is 50.3 Å². The van der Waals surface area contributed by atoms with Gasteiger partial charge in [0.15, 0.2) is 0 Å². The fourth-order valence-electron chi connectivity index (χ4n) is 3.87. The molecule has 0 aromatic heterocycles. The molecule has 6 heteroatoms. The molecular weight excluding hydrogens is 318 g/mol. The first-order chi connectivity index (χ1) is 12.2. The van der Waals surface area contributed by atoms with Crippen molar-refractivity contribution in [3.63, 3.8) is 0 Å². The molecule has 25 heavy (non-hydrogen) atoms. The number of carbonyl (C=O) groups is 1. The maximum atomic E-state index is 12.9. The molecule has 4 rings (SSSR count). The summed E-state index contributed by atoms with van der Waals surface area (Å²) in [6.07, 6.45) is 6.74. The lowest BCUT2D eigenvalue weighted by Gasteiger charge is -2.34. The molecule has 3 aliphatic rings. The van der Waals surface area contributed by atoms with E-state index in [4.69, 9.17) is 9.47 Å². The molecule has 1 aromatic rings. The Morgan fingerprint density at radius 3 is 2.92 bits per heavy atom. The van der Waals surface area contributed by atoms with Crippen LogP contribution >= 0.6 is 0 Å². The summed E-state index contributed by atoms with van der Waals surface area (Å²) in [5.41, 5.74) is 4.58. The summed E-state index contributed by atoms with van der Waals surface area (Å²) < 4.78 is 10.7. The normalized spacial score (nSPS) is 26.8. The van der Waals surface area contributed by atoms with E-state index in [0.29, 0.717) is 5.92 Å². The van der Waals surface area contributed by atoms with Crippen molar-refractivity contribution in [2.75, 3.05) is 26.9 Å². The quantitative estimate of drug-likeness (QED) is 0.907. The highest BCUT2D eigenvalue weighted by Gasteiger charge is 2.40. The second-order valence-electron chi connectivity index (χ2n) is 6.96. The summed E-state index contributed by atoms with van der Waals surface area (Å²) >= 11 is 0. The van der Waals surface area contributed by atoms with Crippen molar-refractivity contribution in [3.05, 3.63) is 42.2 Å².